The Kier molecular flexibility index (Phi) is 5.35. The summed E-state index contributed by atoms with van der Waals surface area (Å²) in [4.78, 5) is 23.1. The van der Waals surface area contributed by atoms with Gasteiger partial charge in [-0.2, -0.15) is 5.26 Å². The first-order valence-corrected chi connectivity index (χ1v) is 5.84. The summed E-state index contributed by atoms with van der Waals surface area (Å²) in [5.41, 5.74) is -0.548. The lowest BCUT2D eigenvalue weighted by molar-refractivity contribution is -0.122. The summed E-state index contributed by atoms with van der Waals surface area (Å²) < 4.78 is 18.0. The third-order valence-electron chi connectivity index (χ3n) is 2.38. The molecule has 0 aliphatic carbocycles. The number of ketones is 1. The quantitative estimate of drug-likeness (QED) is 0.667. The number of esters is 1. The van der Waals surface area contributed by atoms with Crippen molar-refractivity contribution in [1.29, 1.82) is 10.7 Å². The topological polar surface area (TPSA) is 91.0 Å². The van der Waals surface area contributed by atoms with E-state index in [-0.39, 0.29) is 10.7 Å². The zero-order valence-corrected chi connectivity index (χ0v) is 11.2. The number of Topliss-reactive ketones (excluding diaryl/α,β-unsaturated/α-hetero) is 1. The van der Waals surface area contributed by atoms with Gasteiger partial charge in [-0.15, -0.1) is 0 Å². The van der Waals surface area contributed by atoms with E-state index in [1.54, 1.807) is 6.07 Å². The van der Waals surface area contributed by atoms with Crippen LogP contribution < -0.4 is 0 Å². The molecule has 0 radical (unpaired) electrons. The fourth-order valence-corrected chi connectivity index (χ4v) is 1.53. The molecule has 0 bridgehead atoms. The maximum atomic E-state index is 13.4. The molecule has 1 unspecified atom stereocenters. The molecular formula is C13H10ClFN2O3. The molecule has 0 aliphatic heterocycles. The van der Waals surface area contributed by atoms with E-state index in [4.69, 9.17) is 22.3 Å². The number of ether oxygens (including phenoxy) is 1. The summed E-state index contributed by atoms with van der Waals surface area (Å²) in [6.45, 7) is 0.587. The van der Waals surface area contributed by atoms with Crippen molar-refractivity contribution in [2.75, 3.05) is 6.61 Å². The van der Waals surface area contributed by atoms with E-state index in [0.29, 0.717) is 0 Å². The average molecular weight is 297 g/mol. The van der Waals surface area contributed by atoms with Crippen LogP contribution in [0.25, 0.3) is 0 Å². The van der Waals surface area contributed by atoms with Gasteiger partial charge in [-0.1, -0.05) is 11.6 Å². The van der Waals surface area contributed by atoms with Gasteiger partial charge in [0.2, 0.25) is 0 Å². The van der Waals surface area contributed by atoms with Crippen molar-refractivity contribution in [1.82, 2.24) is 0 Å². The molecule has 0 fully saturated rings. The maximum Gasteiger partial charge on any atom is 0.341 e. The predicted octanol–water partition coefficient (Wildman–Crippen LogP) is 2.38. The Labute approximate surface area is 119 Å². The lowest BCUT2D eigenvalue weighted by Gasteiger charge is -2.08. The highest BCUT2D eigenvalue weighted by atomic mass is 35.5. The third kappa shape index (κ3) is 3.87. The molecule has 0 heterocycles. The molecule has 0 saturated carbocycles. The molecule has 0 spiro atoms. The molecule has 1 rings (SSSR count). The zero-order valence-electron chi connectivity index (χ0n) is 10.4. The van der Waals surface area contributed by atoms with Crippen molar-refractivity contribution >= 4 is 29.1 Å². The molecule has 0 aliphatic rings. The van der Waals surface area contributed by atoms with Crippen LogP contribution in [0, 0.1) is 28.5 Å². The van der Waals surface area contributed by atoms with E-state index >= 15 is 0 Å². The minimum absolute atomic E-state index is 0.148. The van der Waals surface area contributed by atoms with Gasteiger partial charge in [-0.3, -0.25) is 4.79 Å². The van der Waals surface area contributed by atoms with Gasteiger partial charge in [0, 0.05) is 10.7 Å². The van der Waals surface area contributed by atoms with Crippen molar-refractivity contribution < 1.29 is 18.7 Å². The Hall–Kier alpha value is -2.26. The van der Waals surface area contributed by atoms with Crippen LogP contribution in [-0.2, 0) is 9.53 Å². The van der Waals surface area contributed by atoms with Crippen LogP contribution in [0.2, 0.25) is 5.02 Å². The summed E-state index contributed by atoms with van der Waals surface area (Å²) in [6.07, 6.45) is 0. The van der Waals surface area contributed by atoms with Gasteiger partial charge in [0.1, 0.15) is 11.7 Å². The van der Waals surface area contributed by atoms with Gasteiger partial charge in [0.25, 0.3) is 0 Å². The van der Waals surface area contributed by atoms with Gasteiger partial charge in [0.15, 0.2) is 12.4 Å². The van der Waals surface area contributed by atoms with Gasteiger partial charge >= 0.3 is 5.97 Å². The van der Waals surface area contributed by atoms with E-state index in [9.17, 15) is 14.0 Å². The smallest absolute Gasteiger partial charge is 0.341 e. The SMILES string of the molecule is CC(=N)C(C#N)C(=O)COC(=O)c1cc(Cl)ccc1F. The number of benzene rings is 1. The Bertz CT molecular complexity index is 610. The van der Waals surface area contributed by atoms with Crippen LogP contribution >= 0.6 is 11.6 Å². The summed E-state index contributed by atoms with van der Waals surface area (Å²) in [7, 11) is 0. The highest BCUT2D eigenvalue weighted by Gasteiger charge is 2.22. The summed E-state index contributed by atoms with van der Waals surface area (Å²) in [6, 6.07) is 4.97. The molecule has 104 valence electrons. The second kappa shape index (κ2) is 6.78. The molecule has 1 aromatic rings. The van der Waals surface area contributed by atoms with Crippen LogP contribution in [0.15, 0.2) is 18.2 Å². The molecular weight excluding hydrogens is 287 g/mol. The van der Waals surface area contributed by atoms with Crippen LogP contribution in [0.1, 0.15) is 17.3 Å². The van der Waals surface area contributed by atoms with Crippen molar-refractivity contribution in [3.05, 3.63) is 34.6 Å². The standard InChI is InChI=1S/C13H10ClFN2O3/c1-7(17)10(5-16)12(18)6-20-13(19)9-4-8(14)2-3-11(9)15/h2-4,10,17H,6H2,1H3. The lowest BCUT2D eigenvalue weighted by Crippen LogP contribution is -2.25. The number of nitriles is 1. The Morgan fingerprint density at radius 3 is 2.75 bits per heavy atom. The fourth-order valence-electron chi connectivity index (χ4n) is 1.36. The number of nitrogens with zero attached hydrogens (tertiary/aromatic N) is 1. The largest absolute Gasteiger partial charge is 0.454 e. The Morgan fingerprint density at radius 2 is 2.20 bits per heavy atom. The second-order valence-electron chi connectivity index (χ2n) is 3.91. The fraction of sp³-hybridized carbons (Fsp3) is 0.231. The summed E-state index contributed by atoms with van der Waals surface area (Å²) in [5, 5.41) is 16.1. The van der Waals surface area contributed by atoms with Crippen molar-refractivity contribution in [2.45, 2.75) is 6.92 Å². The first-order valence-electron chi connectivity index (χ1n) is 5.46. The minimum Gasteiger partial charge on any atom is -0.454 e. The van der Waals surface area contributed by atoms with E-state index in [2.05, 4.69) is 4.74 Å². The number of carbonyl (C=O) groups excluding carboxylic acids is 2. The van der Waals surface area contributed by atoms with Crippen LogP contribution in [0.4, 0.5) is 4.39 Å². The van der Waals surface area contributed by atoms with E-state index in [0.717, 1.165) is 12.1 Å². The number of halogens is 2. The van der Waals surface area contributed by atoms with Crippen molar-refractivity contribution in [3.8, 4) is 6.07 Å². The van der Waals surface area contributed by atoms with Crippen LogP contribution in [0.5, 0.6) is 0 Å². The number of hydrogen-bond acceptors (Lipinski definition) is 5. The molecule has 20 heavy (non-hydrogen) atoms. The number of rotatable bonds is 5. The molecule has 7 heteroatoms. The predicted molar refractivity (Wildman–Crippen MR) is 69.2 cm³/mol. The Morgan fingerprint density at radius 1 is 1.55 bits per heavy atom. The third-order valence-corrected chi connectivity index (χ3v) is 2.61. The number of hydrogen-bond donors (Lipinski definition) is 1. The molecule has 1 N–H and O–H groups in total. The number of nitrogens with one attached hydrogen (secondary N) is 1. The maximum absolute atomic E-state index is 13.4. The molecule has 0 saturated heterocycles. The van der Waals surface area contributed by atoms with Crippen molar-refractivity contribution in [2.24, 2.45) is 5.92 Å². The average Bonchev–Trinajstić information content (AvgIpc) is 2.39. The zero-order chi connectivity index (χ0) is 15.3. The minimum atomic E-state index is -1.27. The van der Waals surface area contributed by atoms with Crippen molar-refractivity contribution in [3.63, 3.8) is 0 Å². The second-order valence-corrected chi connectivity index (χ2v) is 4.35. The first kappa shape index (κ1) is 15.8. The first-order chi connectivity index (χ1) is 9.36. The van der Waals surface area contributed by atoms with E-state index in [1.807, 2.05) is 0 Å². The normalized spacial score (nSPS) is 11.3. The van der Waals surface area contributed by atoms with Crippen LogP contribution in [-0.4, -0.2) is 24.1 Å². The van der Waals surface area contributed by atoms with Gasteiger partial charge in [-0.05, 0) is 25.1 Å². The summed E-state index contributed by atoms with van der Waals surface area (Å²) >= 11 is 5.63. The van der Waals surface area contributed by atoms with Crippen LogP contribution in [0.3, 0.4) is 0 Å². The van der Waals surface area contributed by atoms with Gasteiger partial charge in [-0.25, -0.2) is 9.18 Å². The van der Waals surface area contributed by atoms with Gasteiger partial charge < -0.3 is 10.1 Å². The van der Waals surface area contributed by atoms with E-state index < -0.39 is 35.7 Å². The highest BCUT2D eigenvalue weighted by Crippen LogP contribution is 2.16. The molecule has 1 atom stereocenters. The molecule has 1 aromatic carbocycles. The lowest BCUT2D eigenvalue weighted by atomic mass is 10.0. The molecule has 5 nitrogen and oxygen atoms in total. The van der Waals surface area contributed by atoms with E-state index in [1.165, 1.54) is 13.0 Å². The Balaban J connectivity index is 2.73. The molecule has 0 amide bonds. The highest BCUT2D eigenvalue weighted by molar-refractivity contribution is 6.30. The molecule has 0 aromatic heterocycles. The van der Waals surface area contributed by atoms with Gasteiger partial charge in [0.05, 0.1) is 11.6 Å². The summed E-state index contributed by atoms with van der Waals surface area (Å²) in [5.74, 6) is -3.90. The monoisotopic (exact) mass is 296 g/mol. The number of carbonyl (C=O) groups is 2.